The van der Waals surface area contributed by atoms with E-state index >= 15 is 0 Å². The molecule has 100 valence electrons. The van der Waals surface area contributed by atoms with Crippen molar-refractivity contribution >= 4 is 11.0 Å². The topological polar surface area (TPSA) is 53.6 Å². The molecule has 0 saturated heterocycles. The molecule has 1 aliphatic carbocycles. The van der Waals surface area contributed by atoms with Gasteiger partial charge in [-0.05, 0) is 43.0 Å². The first kappa shape index (κ1) is 11.4. The highest BCUT2D eigenvalue weighted by Crippen LogP contribution is 2.49. The fourth-order valence-electron chi connectivity index (χ4n) is 2.68. The molecule has 0 atom stereocenters. The first-order chi connectivity index (χ1) is 9.72. The molecule has 3 heteroatoms. The molecule has 2 aromatic carbocycles. The van der Waals surface area contributed by atoms with Crippen LogP contribution in [0.1, 0.15) is 24.3 Å². The molecule has 4 rings (SSSR count). The van der Waals surface area contributed by atoms with E-state index in [1.165, 1.54) is 0 Å². The Balaban J connectivity index is 1.85. The Kier molecular flexibility index (Phi) is 2.30. The van der Waals surface area contributed by atoms with Crippen molar-refractivity contribution in [3.8, 4) is 22.8 Å². The molecule has 1 aromatic heterocycles. The molecule has 0 bridgehead atoms. The third-order valence-corrected chi connectivity index (χ3v) is 3.83. The predicted molar refractivity (Wildman–Crippen MR) is 77.0 cm³/mol. The van der Waals surface area contributed by atoms with Crippen LogP contribution in [-0.2, 0) is 0 Å². The van der Waals surface area contributed by atoms with Crippen LogP contribution in [0.15, 0.2) is 46.9 Å². The second kappa shape index (κ2) is 4.04. The van der Waals surface area contributed by atoms with E-state index < -0.39 is 0 Å². The smallest absolute Gasteiger partial charge is 0.135 e. The maximum Gasteiger partial charge on any atom is 0.135 e. The van der Waals surface area contributed by atoms with Gasteiger partial charge in [0.15, 0.2) is 0 Å². The Bertz CT molecular complexity index is 741. The summed E-state index contributed by atoms with van der Waals surface area (Å²) in [5.41, 5.74) is 2.17. The molecule has 20 heavy (non-hydrogen) atoms. The molecule has 1 saturated carbocycles. The van der Waals surface area contributed by atoms with E-state index in [0.29, 0.717) is 22.8 Å². The van der Waals surface area contributed by atoms with Gasteiger partial charge in [0.05, 0.1) is 0 Å². The van der Waals surface area contributed by atoms with E-state index in [2.05, 4.69) is 0 Å². The first-order valence-electron chi connectivity index (χ1n) is 6.77. The summed E-state index contributed by atoms with van der Waals surface area (Å²) in [7, 11) is 0. The molecule has 3 aromatic rings. The second-order valence-electron chi connectivity index (χ2n) is 5.35. The van der Waals surface area contributed by atoms with Crippen molar-refractivity contribution in [1.82, 2.24) is 0 Å². The van der Waals surface area contributed by atoms with Gasteiger partial charge in [0.25, 0.3) is 0 Å². The summed E-state index contributed by atoms with van der Waals surface area (Å²) in [4.78, 5) is 0. The summed E-state index contributed by atoms with van der Waals surface area (Å²) in [6.07, 6.45) is 2.07. The van der Waals surface area contributed by atoms with Crippen molar-refractivity contribution in [3.05, 3.63) is 48.0 Å². The highest BCUT2D eigenvalue weighted by Gasteiger charge is 2.29. The first-order valence-corrected chi connectivity index (χ1v) is 6.77. The number of fused-ring (bicyclic) bond motifs is 1. The molecule has 0 radical (unpaired) electrons. The second-order valence-corrected chi connectivity index (χ2v) is 5.35. The average Bonchev–Trinajstić information content (AvgIpc) is 3.15. The van der Waals surface area contributed by atoms with E-state index in [4.69, 9.17) is 4.42 Å². The third kappa shape index (κ3) is 1.74. The van der Waals surface area contributed by atoms with Crippen molar-refractivity contribution in [1.29, 1.82) is 0 Å². The largest absolute Gasteiger partial charge is 0.507 e. The van der Waals surface area contributed by atoms with Crippen LogP contribution in [0.2, 0.25) is 0 Å². The van der Waals surface area contributed by atoms with Crippen LogP contribution in [0.3, 0.4) is 0 Å². The summed E-state index contributed by atoms with van der Waals surface area (Å²) in [6.45, 7) is 0. The lowest BCUT2D eigenvalue weighted by atomic mass is 10.0. The van der Waals surface area contributed by atoms with E-state index in [1.54, 1.807) is 12.1 Å². The monoisotopic (exact) mass is 266 g/mol. The van der Waals surface area contributed by atoms with Crippen LogP contribution in [0.5, 0.6) is 11.5 Å². The van der Waals surface area contributed by atoms with Gasteiger partial charge in [-0.25, -0.2) is 0 Å². The Hall–Kier alpha value is -2.42. The van der Waals surface area contributed by atoms with Crippen molar-refractivity contribution in [2.45, 2.75) is 18.8 Å². The lowest BCUT2D eigenvalue weighted by Gasteiger charge is -2.07. The van der Waals surface area contributed by atoms with Crippen molar-refractivity contribution in [3.63, 3.8) is 0 Å². The molecule has 0 unspecified atom stereocenters. The predicted octanol–water partition coefficient (Wildman–Crippen LogP) is 4.39. The lowest BCUT2D eigenvalue weighted by molar-refractivity contribution is 0.438. The lowest BCUT2D eigenvalue weighted by Crippen LogP contribution is -1.84. The van der Waals surface area contributed by atoms with Gasteiger partial charge in [-0.2, -0.15) is 0 Å². The molecule has 1 fully saturated rings. The van der Waals surface area contributed by atoms with Crippen LogP contribution in [0.4, 0.5) is 0 Å². The molecule has 0 amide bonds. The number of rotatable bonds is 2. The Morgan fingerprint density at radius 3 is 2.30 bits per heavy atom. The zero-order chi connectivity index (χ0) is 13.7. The van der Waals surface area contributed by atoms with Gasteiger partial charge >= 0.3 is 0 Å². The fourth-order valence-corrected chi connectivity index (χ4v) is 2.68. The number of benzene rings is 2. The van der Waals surface area contributed by atoms with Gasteiger partial charge in [-0.1, -0.05) is 18.2 Å². The number of hydrogen-bond acceptors (Lipinski definition) is 3. The van der Waals surface area contributed by atoms with Gasteiger partial charge in [-0.3, -0.25) is 0 Å². The Morgan fingerprint density at radius 2 is 1.65 bits per heavy atom. The zero-order valence-electron chi connectivity index (χ0n) is 10.8. The van der Waals surface area contributed by atoms with E-state index in [0.717, 1.165) is 23.8 Å². The van der Waals surface area contributed by atoms with Gasteiger partial charge < -0.3 is 14.6 Å². The maximum atomic E-state index is 10.1. The SMILES string of the molecule is Oc1cc(-c2cc3ccccc3o2)cc(O)c1C1CC1. The highest BCUT2D eigenvalue weighted by molar-refractivity contribution is 5.83. The Labute approximate surface area is 116 Å². The van der Waals surface area contributed by atoms with Crippen LogP contribution in [-0.4, -0.2) is 10.2 Å². The molecule has 1 heterocycles. The summed E-state index contributed by atoms with van der Waals surface area (Å²) in [5.74, 6) is 1.27. The number of furan rings is 1. The highest BCUT2D eigenvalue weighted by atomic mass is 16.3. The summed E-state index contributed by atoms with van der Waals surface area (Å²) >= 11 is 0. The van der Waals surface area contributed by atoms with E-state index in [1.807, 2.05) is 30.3 Å². The minimum Gasteiger partial charge on any atom is -0.507 e. The third-order valence-electron chi connectivity index (χ3n) is 3.83. The van der Waals surface area contributed by atoms with Crippen molar-refractivity contribution in [2.75, 3.05) is 0 Å². The summed E-state index contributed by atoms with van der Waals surface area (Å²) in [6, 6.07) is 13.0. The van der Waals surface area contributed by atoms with Crippen molar-refractivity contribution in [2.24, 2.45) is 0 Å². The number of phenolic OH excluding ortho intramolecular Hbond substituents is 2. The quantitative estimate of drug-likeness (QED) is 0.723. The van der Waals surface area contributed by atoms with E-state index in [9.17, 15) is 10.2 Å². The number of aromatic hydroxyl groups is 2. The standard InChI is InChI=1S/C17H14O3/c18-13-7-12(8-14(19)17(13)10-5-6-10)16-9-11-3-1-2-4-15(11)20-16/h1-4,7-10,18-19H,5-6H2. The normalized spacial score (nSPS) is 14.8. The Morgan fingerprint density at radius 1 is 0.950 bits per heavy atom. The molecule has 0 spiro atoms. The average molecular weight is 266 g/mol. The fraction of sp³-hybridized carbons (Fsp3) is 0.176. The zero-order valence-corrected chi connectivity index (χ0v) is 10.8. The molecule has 0 aliphatic heterocycles. The molecule has 1 aliphatic rings. The number of phenols is 2. The summed E-state index contributed by atoms with van der Waals surface area (Å²) in [5, 5.41) is 21.2. The van der Waals surface area contributed by atoms with Gasteiger partial charge in [-0.15, -0.1) is 0 Å². The minimum absolute atomic E-state index is 0.156. The minimum atomic E-state index is 0.156. The van der Waals surface area contributed by atoms with Gasteiger partial charge in [0.2, 0.25) is 0 Å². The number of para-hydroxylation sites is 1. The molecule has 3 nitrogen and oxygen atoms in total. The molecular weight excluding hydrogens is 252 g/mol. The van der Waals surface area contributed by atoms with Crippen LogP contribution in [0.25, 0.3) is 22.3 Å². The van der Waals surface area contributed by atoms with Gasteiger partial charge in [0, 0.05) is 16.5 Å². The van der Waals surface area contributed by atoms with Gasteiger partial charge in [0.1, 0.15) is 22.8 Å². The molecule has 2 N–H and O–H groups in total. The maximum absolute atomic E-state index is 10.1. The molecular formula is C17H14O3. The number of hydrogen-bond donors (Lipinski definition) is 2. The van der Waals surface area contributed by atoms with Crippen molar-refractivity contribution < 1.29 is 14.6 Å². The van der Waals surface area contributed by atoms with E-state index in [-0.39, 0.29) is 11.5 Å². The van der Waals surface area contributed by atoms with Crippen LogP contribution in [0, 0.1) is 0 Å². The van der Waals surface area contributed by atoms with Crippen LogP contribution < -0.4 is 0 Å². The van der Waals surface area contributed by atoms with Crippen LogP contribution >= 0.6 is 0 Å². The summed E-state index contributed by atoms with van der Waals surface area (Å²) < 4.78 is 5.76.